The van der Waals surface area contributed by atoms with Crippen LogP contribution in [0.25, 0.3) is 133 Å². The SMILES string of the molecule is c1ccc(-c2ccc(-c3cc(-c4cc(-c5cccc6c5oc5ccccc56)cc(-c5cccc6c5oc5ccccc56)c4)nc(-c4ccc5c(c4)oc4ccccc45)n3)cc2)cc1. The van der Waals surface area contributed by atoms with Crippen LogP contribution in [-0.4, -0.2) is 9.97 Å². The Morgan fingerprint density at radius 2 is 0.698 bits per heavy atom. The summed E-state index contributed by atoms with van der Waals surface area (Å²) in [6.45, 7) is 0. The zero-order valence-corrected chi connectivity index (χ0v) is 33.7. The Morgan fingerprint density at radius 1 is 0.254 bits per heavy atom. The molecule has 13 aromatic rings. The summed E-state index contributed by atoms with van der Waals surface area (Å²) >= 11 is 0. The molecule has 0 radical (unpaired) electrons. The smallest absolute Gasteiger partial charge is 0.160 e. The number of rotatable bonds is 6. The summed E-state index contributed by atoms with van der Waals surface area (Å²) in [7, 11) is 0. The Labute approximate surface area is 361 Å². The van der Waals surface area contributed by atoms with Crippen molar-refractivity contribution in [1.82, 2.24) is 9.97 Å². The van der Waals surface area contributed by atoms with Crippen molar-refractivity contribution in [3.63, 3.8) is 0 Å². The highest BCUT2D eigenvalue weighted by molar-refractivity contribution is 6.12. The first kappa shape index (κ1) is 35.2. The molecule has 5 heteroatoms. The molecule has 63 heavy (non-hydrogen) atoms. The minimum atomic E-state index is 0.600. The van der Waals surface area contributed by atoms with Crippen molar-refractivity contribution in [2.24, 2.45) is 0 Å². The minimum Gasteiger partial charge on any atom is -0.456 e. The summed E-state index contributed by atoms with van der Waals surface area (Å²) in [5, 5.41) is 6.45. The van der Waals surface area contributed by atoms with E-state index >= 15 is 0 Å². The van der Waals surface area contributed by atoms with Crippen molar-refractivity contribution >= 4 is 65.8 Å². The van der Waals surface area contributed by atoms with Gasteiger partial charge in [0, 0.05) is 60.1 Å². The maximum Gasteiger partial charge on any atom is 0.160 e. The van der Waals surface area contributed by atoms with Gasteiger partial charge in [-0.1, -0.05) is 152 Å². The summed E-state index contributed by atoms with van der Waals surface area (Å²) < 4.78 is 19.6. The van der Waals surface area contributed by atoms with E-state index in [1.165, 1.54) is 0 Å². The highest BCUT2D eigenvalue weighted by Crippen LogP contribution is 2.43. The number of hydrogen-bond donors (Lipinski definition) is 0. The van der Waals surface area contributed by atoms with Gasteiger partial charge in [-0.25, -0.2) is 9.97 Å². The van der Waals surface area contributed by atoms with Gasteiger partial charge in [-0.3, -0.25) is 0 Å². The number of hydrogen-bond acceptors (Lipinski definition) is 5. The number of nitrogens with zero attached hydrogens (tertiary/aromatic N) is 2. The molecule has 294 valence electrons. The summed E-state index contributed by atoms with van der Waals surface area (Å²) in [5.41, 5.74) is 15.7. The van der Waals surface area contributed by atoms with E-state index in [1.54, 1.807) is 0 Å². The van der Waals surface area contributed by atoms with Crippen LogP contribution in [0.3, 0.4) is 0 Å². The average molecular weight is 807 g/mol. The Balaban J connectivity index is 1.05. The number of fused-ring (bicyclic) bond motifs is 9. The summed E-state index contributed by atoms with van der Waals surface area (Å²) in [6, 6.07) is 71.5. The van der Waals surface area contributed by atoms with Gasteiger partial charge >= 0.3 is 0 Å². The van der Waals surface area contributed by atoms with Crippen LogP contribution in [0.5, 0.6) is 0 Å². The van der Waals surface area contributed by atoms with Crippen LogP contribution in [0, 0.1) is 0 Å². The van der Waals surface area contributed by atoms with Crippen molar-refractivity contribution in [2.75, 3.05) is 0 Å². The summed E-state index contributed by atoms with van der Waals surface area (Å²) in [5.74, 6) is 0.600. The normalized spacial score (nSPS) is 11.8. The van der Waals surface area contributed by atoms with Crippen LogP contribution < -0.4 is 0 Å². The molecule has 0 bridgehead atoms. The molecule has 0 saturated heterocycles. The van der Waals surface area contributed by atoms with Gasteiger partial charge in [0.1, 0.15) is 33.5 Å². The maximum atomic E-state index is 6.64. The molecule has 0 aliphatic rings. The summed E-state index contributed by atoms with van der Waals surface area (Å²) in [6.07, 6.45) is 0. The van der Waals surface area contributed by atoms with Gasteiger partial charge in [0.15, 0.2) is 5.82 Å². The monoisotopic (exact) mass is 806 g/mol. The van der Waals surface area contributed by atoms with E-state index in [-0.39, 0.29) is 0 Å². The van der Waals surface area contributed by atoms with E-state index < -0.39 is 0 Å². The molecule has 0 unspecified atom stereocenters. The minimum absolute atomic E-state index is 0.600. The number of furan rings is 3. The first-order valence-electron chi connectivity index (χ1n) is 21.1. The molecule has 13 rings (SSSR count). The predicted molar refractivity (Wildman–Crippen MR) is 256 cm³/mol. The fraction of sp³-hybridized carbons (Fsp3) is 0. The Kier molecular flexibility index (Phi) is 7.84. The molecule has 0 fully saturated rings. The van der Waals surface area contributed by atoms with Gasteiger partial charge in [0.2, 0.25) is 0 Å². The molecule has 4 aromatic heterocycles. The lowest BCUT2D eigenvalue weighted by Crippen LogP contribution is -1.97. The van der Waals surface area contributed by atoms with E-state index in [9.17, 15) is 0 Å². The van der Waals surface area contributed by atoms with E-state index in [1.807, 2.05) is 48.5 Å². The molecule has 4 heterocycles. The number of aromatic nitrogens is 2. The van der Waals surface area contributed by atoms with Crippen molar-refractivity contribution in [2.45, 2.75) is 0 Å². The molecule has 0 amide bonds. The van der Waals surface area contributed by atoms with Gasteiger partial charge in [-0.05, 0) is 76.9 Å². The molecule has 0 saturated carbocycles. The van der Waals surface area contributed by atoms with Crippen LogP contribution >= 0.6 is 0 Å². The quantitative estimate of drug-likeness (QED) is 0.167. The Morgan fingerprint density at radius 3 is 1.32 bits per heavy atom. The number of benzene rings is 9. The van der Waals surface area contributed by atoms with Gasteiger partial charge in [-0.15, -0.1) is 0 Å². The van der Waals surface area contributed by atoms with E-state index in [2.05, 4.69) is 158 Å². The van der Waals surface area contributed by atoms with Crippen molar-refractivity contribution in [3.05, 3.63) is 206 Å². The molecule has 0 N–H and O–H groups in total. The van der Waals surface area contributed by atoms with E-state index in [0.29, 0.717) is 5.82 Å². The lowest BCUT2D eigenvalue weighted by molar-refractivity contribution is 0.669. The van der Waals surface area contributed by atoms with Crippen LogP contribution in [-0.2, 0) is 0 Å². The second-order valence-corrected chi connectivity index (χ2v) is 16.1. The molecule has 0 atom stereocenters. The van der Waals surface area contributed by atoms with E-state index in [4.69, 9.17) is 23.2 Å². The van der Waals surface area contributed by atoms with Crippen molar-refractivity contribution < 1.29 is 13.3 Å². The third-order valence-electron chi connectivity index (χ3n) is 12.3. The molecule has 5 nitrogen and oxygen atoms in total. The second kappa shape index (κ2) is 14.0. The fourth-order valence-electron chi connectivity index (χ4n) is 9.24. The van der Waals surface area contributed by atoms with Crippen molar-refractivity contribution in [3.8, 4) is 67.3 Å². The third-order valence-corrected chi connectivity index (χ3v) is 12.3. The van der Waals surface area contributed by atoms with Gasteiger partial charge < -0.3 is 13.3 Å². The molecule has 0 aliphatic carbocycles. The Bertz CT molecular complexity index is 3780. The second-order valence-electron chi connectivity index (χ2n) is 16.1. The first-order valence-corrected chi connectivity index (χ1v) is 21.1. The lowest BCUT2D eigenvalue weighted by Gasteiger charge is -2.14. The maximum absolute atomic E-state index is 6.64. The van der Waals surface area contributed by atoms with Crippen LogP contribution in [0.4, 0.5) is 0 Å². The van der Waals surface area contributed by atoms with Crippen molar-refractivity contribution in [1.29, 1.82) is 0 Å². The molecular formula is C58H34N2O3. The zero-order valence-electron chi connectivity index (χ0n) is 33.7. The average Bonchev–Trinajstić information content (AvgIpc) is 4.05. The topological polar surface area (TPSA) is 65.2 Å². The highest BCUT2D eigenvalue weighted by atomic mass is 16.3. The van der Waals surface area contributed by atoms with Crippen LogP contribution in [0.2, 0.25) is 0 Å². The van der Waals surface area contributed by atoms with Crippen LogP contribution in [0.15, 0.2) is 220 Å². The number of para-hydroxylation sites is 5. The summed E-state index contributed by atoms with van der Waals surface area (Å²) in [4.78, 5) is 10.7. The zero-order chi connectivity index (χ0) is 41.4. The first-order chi connectivity index (χ1) is 31.2. The molecule has 0 aliphatic heterocycles. The third kappa shape index (κ3) is 5.86. The van der Waals surface area contributed by atoms with Gasteiger partial charge in [-0.2, -0.15) is 0 Å². The highest BCUT2D eigenvalue weighted by Gasteiger charge is 2.20. The lowest BCUT2D eigenvalue weighted by atomic mass is 9.93. The molecule has 0 spiro atoms. The predicted octanol–water partition coefficient (Wildman–Crippen LogP) is 16.2. The molecular weight excluding hydrogens is 773 g/mol. The van der Waals surface area contributed by atoms with E-state index in [0.717, 1.165) is 127 Å². The standard InChI is InChI=1S/C58H34N2O3/c1-2-12-35(13-3-1)36-24-26-37(27-25-36)50-34-51(60-58(59-50)38-28-29-47-44-14-4-7-21-52(44)61-55(47)33-38)41-31-39(42-17-10-19-48-45-15-5-8-22-53(45)62-56(42)48)30-40(32-41)43-18-11-20-49-46-16-6-9-23-54(46)63-57(43)49/h1-34H. The van der Waals surface area contributed by atoms with Crippen LogP contribution in [0.1, 0.15) is 0 Å². The largest absolute Gasteiger partial charge is 0.456 e. The fourth-order valence-corrected chi connectivity index (χ4v) is 9.24. The molecule has 9 aromatic carbocycles. The van der Waals surface area contributed by atoms with Gasteiger partial charge in [0.25, 0.3) is 0 Å². The Hall–Kier alpha value is -8.54. The van der Waals surface area contributed by atoms with Gasteiger partial charge in [0.05, 0.1) is 11.4 Å².